The van der Waals surface area contributed by atoms with Crippen molar-refractivity contribution in [3.63, 3.8) is 0 Å². The summed E-state index contributed by atoms with van der Waals surface area (Å²) in [7, 11) is 0. The number of hydrogen-bond donors (Lipinski definition) is 0. The average molecular weight is 384 g/mol. The van der Waals surface area contributed by atoms with Gasteiger partial charge in [0.2, 0.25) is 0 Å². The van der Waals surface area contributed by atoms with Crippen molar-refractivity contribution < 1.29 is 0 Å². The minimum absolute atomic E-state index is 1.06. The molecule has 0 N–H and O–H groups in total. The Morgan fingerprint density at radius 1 is 0.560 bits per heavy atom. The van der Waals surface area contributed by atoms with E-state index in [1.54, 1.807) is 0 Å². The van der Waals surface area contributed by atoms with Crippen molar-refractivity contribution in [2.24, 2.45) is 0 Å². The molecule has 0 amide bonds. The van der Waals surface area contributed by atoms with Crippen molar-refractivity contribution in [1.29, 1.82) is 0 Å². The van der Waals surface area contributed by atoms with Crippen molar-refractivity contribution in [3.8, 4) is 11.1 Å². The van der Waals surface area contributed by atoms with Crippen LogP contribution in [-0.2, 0) is 0 Å². The Morgan fingerprint density at radius 3 is 1.80 bits per heavy atom. The van der Waals surface area contributed by atoms with Crippen LogP contribution in [0.3, 0.4) is 0 Å². The smallest absolute Gasteiger partial charge is 0.0787 e. The van der Waals surface area contributed by atoms with Gasteiger partial charge in [0.15, 0.2) is 0 Å². The third kappa shape index (κ3) is 2.33. The lowest BCUT2D eigenvalue weighted by Crippen LogP contribution is -1.87. The second kappa shape index (κ2) is 5.68. The van der Waals surface area contributed by atoms with Gasteiger partial charge < -0.3 is 0 Å². The maximum atomic E-state index is 4.85. The van der Waals surface area contributed by atoms with Crippen LogP contribution in [0.15, 0.2) is 89.5 Å². The topological polar surface area (TPSA) is 12.9 Å². The van der Waals surface area contributed by atoms with Gasteiger partial charge in [0, 0.05) is 27.0 Å². The van der Waals surface area contributed by atoms with Gasteiger partial charge >= 0.3 is 0 Å². The molecule has 5 aromatic rings. The predicted octanol–water partition coefficient (Wildman–Crippen LogP) is 6.97. The molecule has 0 atom stereocenters. The number of hydrogen-bond acceptors (Lipinski definition) is 1. The van der Waals surface area contributed by atoms with E-state index < -0.39 is 0 Å². The van der Waals surface area contributed by atoms with E-state index in [1.165, 1.54) is 32.5 Å². The fourth-order valence-electron chi connectivity index (χ4n) is 3.56. The van der Waals surface area contributed by atoms with Crippen molar-refractivity contribution in [2.45, 2.75) is 0 Å². The minimum Gasteiger partial charge on any atom is -0.255 e. The third-order valence-corrected chi connectivity index (χ3v) is 5.28. The highest BCUT2D eigenvalue weighted by Gasteiger charge is 2.10. The molecule has 0 radical (unpaired) electrons. The second-order valence-corrected chi connectivity index (χ2v) is 7.13. The van der Waals surface area contributed by atoms with Crippen LogP contribution >= 0.6 is 15.9 Å². The molecule has 0 spiro atoms. The zero-order valence-electron chi connectivity index (χ0n) is 13.4. The summed E-state index contributed by atoms with van der Waals surface area (Å²) in [5.74, 6) is 0. The van der Waals surface area contributed by atoms with E-state index >= 15 is 0 Å². The first kappa shape index (κ1) is 14.6. The van der Waals surface area contributed by atoms with Crippen LogP contribution in [0.5, 0.6) is 0 Å². The van der Waals surface area contributed by atoms with E-state index in [2.05, 4.69) is 94.8 Å². The Balaban J connectivity index is 1.91. The van der Waals surface area contributed by atoms with Gasteiger partial charge in [0.25, 0.3) is 0 Å². The standard InChI is InChI=1S/C23H14BrN/c24-17-11-9-15(10-12-17)16-13-22-20-7-2-1-5-18(20)19-6-3-4-8-21(19)23(22)25-14-16/h1-14H. The lowest BCUT2D eigenvalue weighted by Gasteiger charge is -2.11. The molecule has 0 aliphatic rings. The fourth-order valence-corrected chi connectivity index (χ4v) is 3.83. The van der Waals surface area contributed by atoms with E-state index in [0.29, 0.717) is 0 Å². The molecule has 1 nitrogen and oxygen atoms in total. The quantitative estimate of drug-likeness (QED) is 0.284. The molecule has 1 heterocycles. The third-order valence-electron chi connectivity index (χ3n) is 4.75. The molecule has 0 aliphatic heterocycles. The van der Waals surface area contributed by atoms with E-state index in [0.717, 1.165) is 15.6 Å². The number of nitrogens with zero attached hydrogens (tertiary/aromatic N) is 1. The number of fused-ring (bicyclic) bond motifs is 6. The lowest BCUT2D eigenvalue weighted by molar-refractivity contribution is 1.42. The van der Waals surface area contributed by atoms with Gasteiger partial charge in [-0.2, -0.15) is 0 Å². The SMILES string of the molecule is Brc1ccc(-c2cnc3c4ccccc4c4ccccc4c3c2)cc1. The second-order valence-electron chi connectivity index (χ2n) is 6.22. The summed E-state index contributed by atoms with van der Waals surface area (Å²) in [5.41, 5.74) is 3.38. The Morgan fingerprint density at radius 2 is 1.12 bits per heavy atom. The Kier molecular flexibility index (Phi) is 3.32. The monoisotopic (exact) mass is 383 g/mol. The molecule has 0 bridgehead atoms. The largest absolute Gasteiger partial charge is 0.255 e. The summed E-state index contributed by atoms with van der Waals surface area (Å²) in [4.78, 5) is 4.85. The highest BCUT2D eigenvalue weighted by molar-refractivity contribution is 9.10. The summed E-state index contributed by atoms with van der Waals surface area (Å²) in [6.45, 7) is 0. The first-order valence-electron chi connectivity index (χ1n) is 8.26. The van der Waals surface area contributed by atoms with Gasteiger partial charge in [-0.1, -0.05) is 76.6 Å². The first-order valence-corrected chi connectivity index (χ1v) is 9.06. The zero-order valence-corrected chi connectivity index (χ0v) is 15.0. The number of rotatable bonds is 1. The molecule has 1 aromatic heterocycles. The molecule has 0 saturated heterocycles. The Labute approximate surface area is 154 Å². The van der Waals surface area contributed by atoms with Gasteiger partial charge in [-0.25, -0.2) is 0 Å². The van der Waals surface area contributed by atoms with Crippen LogP contribution in [0, 0.1) is 0 Å². The van der Waals surface area contributed by atoms with Crippen LogP contribution in [0.1, 0.15) is 0 Å². The molecule has 2 heteroatoms. The van der Waals surface area contributed by atoms with Gasteiger partial charge in [0.05, 0.1) is 5.52 Å². The van der Waals surface area contributed by atoms with Gasteiger partial charge in [-0.3, -0.25) is 4.98 Å². The zero-order chi connectivity index (χ0) is 16.8. The number of pyridine rings is 1. The summed E-state index contributed by atoms with van der Waals surface area (Å²) in [6.07, 6.45) is 1.98. The number of benzene rings is 4. The summed E-state index contributed by atoms with van der Waals surface area (Å²) in [6, 6.07) is 27.8. The van der Waals surface area contributed by atoms with Crippen molar-refractivity contribution in [2.75, 3.05) is 0 Å². The molecule has 0 fully saturated rings. The number of halogens is 1. The molecule has 4 aromatic carbocycles. The van der Waals surface area contributed by atoms with Crippen LogP contribution in [0.25, 0.3) is 43.6 Å². The summed E-state index contributed by atoms with van der Waals surface area (Å²) in [5, 5.41) is 6.20. The maximum absolute atomic E-state index is 4.85. The molecular formula is C23H14BrN. The molecule has 0 saturated carbocycles. The molecule has 0 aliphatic carbocycles. The Bertz CT molecular complexity index is 1200. The van der Waals surface area contributed by atoms with E-state index in [1.807, 2.05) is 6.20 Å². The van der Waals surface area contributed by atoms with Crippen LogP contribution in [-0.4, -0.2) is 4.98 Å². The van der Waals surface area contributed by atoms with E-state index in [9.17, 15) is 0 Å². The van der Waals surface area contributed by atoms with Crippen LogP contribution in [0.2, 0.25) is 0 Å². The van der Waals surface area contributed by atoms with Crippen molar-refractivity contribution >= 4 is 48.4 Å². The maximum Gasteiger partial charge on any atom is 0.0787 e. The average Bonchev–Trinajstić information content (AvgIpc) is 2.68. The molecule has 0 unspecified atom stereocenters. The number of aromatic nitrogens is 1. The Hall–Kier alpha value is -2.71. The normalized spacial score (nSPS) is 11.4. The summed E-state index contributed by atoms with van der Waals surface area (Å²) < 4.78 is 1.08. The van der Waals surface area contributed by atoms with E-state index in [4.69, 9.17) is 4.98 Å². The summed E-state index contributed by atoms with van der Waals surface area (Å²) >= 11 is 3.50. The molecule has 25 heavy (non-hydrogen) atoms. The lowest BCUT2D eigenvalue weighted by atomic mass is 9.95. The highest BCUT2D eigenvalue weighted by atomic mass is 79.9. The molecule has 5 rings (SSSR count). The van der Waals surface area contributed by atoms with Gasteiger partial charge in [0.1, 0.15) is 0 Å². The fraction of sp³-hybridized carbons (Fsp3) is 0. The first-order chi connectivity index (χ1) is 12.3. The minimum atomic E-state index is 1.06. The molecule has 118 valence electrons. The van der Waals surface area contributed by atoms with Crippen molar-refractivity contribution in [1.82, 2.24) is 4.98 Å². The van der Waals surface area contributed by atoms with Gasteiger partial charge in [-0.15, -0.1) is 0 Å². The van der Waals surface area contributed by atoms with Crippen LogP contribution < -0.4 is 0 Å². The predicted molar refractivity (Wildman–Crippen MR) is 110 cm³/mol. The molecular weight excluding hydrogens is 370 g/mol. The van der Waals surface area contributed by atoms with E-state index in [-0.39, 0.29) is 0 Å². The van der Waals surface area contributed by atoms with Gasteiger partial charge in [-0.05, 0) is 39.9 Å². The highest BCUT2D eigenvalue weighted by Crippen LogP contribution is 2.35. The van der Waals surface area contributed by atoms with Crippen molar-refractivity contribution in [3.05, 3.63) is 89.5 Å². The van der Waals surface area contributed by atoms with Crippen LogP contribution in [0.4, 0.5) is 0 Å².